The predicted molar refractivity (Wildman–Crippen MR) is 54.6 cm³/mol. The maximum atomic E-state index is 10.1. The molecule has 14 heavy (non-hydrogen) atoms. The summed E-state index contributed by atoms with van der Waals surface area (Å²) in [5.41, 5.74) is 2.06. The van der Waals surface area contributed by atoms with Gasteiger partial charge in [-0.1, -0.05) is 12.1 Å². The van der Waals surface area contributed by atoms with Crippen LogP contribution in [0.3, 0.4) is 0 Å². The first-order chi connectivity index (χ1) is 6.90. The fraction of sp³-hybridized carbons (Fsp3) is 0.0909. The van der Waals surface area contributed by atoms with Gasteiger partial charge in [-0.05, 0) is 23.8 Å². The molecule has 0 aliphatic carbocycles. The van der Waals surface area contributed by atoms with Crippen LogP contribution in [-0.4, -0.2) is 11.4 Å². The Morgan fingerprint density at radius 2 is 2.29 bits per heavy atom. The molecule has 70 valence electrons. The molecule has 1 aromatic carbocycles. The highest BCUT2D eigenvalue weighted by molar-refractivity contribution is 5.78. The normalized spacial score (nSPS) is 10.0. The van der Waals surface area contributed by atoms with Gasteiger partial charge < -0.3 is 5.32 Å². The molecule has 0 bridgehead atoms. The van der Waals surface area contributed by atoms with Crippen LogP contribution in [0.1, 0.15) is 5.56 Å². The second-order valence-corrected chi connectivity index (χ2v) is 3.03. The lowest BCUT2D eigenvalue weighted by Crippen LogP contribution is -2.09. The monoisotopic (exact) mass is 186 g/mol. The van der Waals surface area contributed by atoms with Crippen LogP contribution in [0, 0.1) is 0 Å². The van der Waals surface area contributed by atoms with E-state index in [0.717, 1.165) is 16.5 Å². The van der Waals surface area contributed by atoms with Gasteiger partial charge in [0.25, 0.3) is 0 Å². The van der Waals surface area contributed by atoms with Gasteiger partial charge in [-0.2, -0.15) is 0 Å². The highest BCUT2D eigenvalue weighted by Gasteiger charge is 1.95. The number of nitrogens with zero attached hydrogens (tertiary/aromatic N) is 1. The average molecular weight is 186 g/mol. The second kappa shape index (κ2) is 3.87. The maximum Gasteiger partial charge on any atom is 0.207 e. The van der Waals surface area contributed by atoms with Crippen LogP contribution >= 0.6 is 0 Å². The number of pyridine rings is 1. The van der Waals surface area contributed by atoms with Gasteiger partial charge in [0.15, 0.2) is 0 Å². The van der Waals surface area contributed by atoms with Crippen molar-refractivity contribution in [2.45, 2.75) is 6.54 Å². The average Bonchev–Trinajstić information content (AvgIpc) is 2.26. The molecule has 0 atom stereocenters. The van der Waals surface area contributed by atoms with Crippen LogP contribution in [-0.2, 0) is 11.3 Å². The Balaban J connectivity index is 2.36. The molecule has 0 spiro atoms. The van der Waals surface area contributed by atoms with E-state index in [4.69, 9.17) is 0 Å². The van der Waals surface area contributed by atoms with E-state index in [-0.39, 0.29) is 0 Å². The van der Waals surface area contributed by atoms with E-state index in [1.807, 2.05) is 30.3 Å². The van der Waals surface area contributed by atoms with E-state index in [2.05, 4.69) is 10.3 Å². The smallest absolute Gasteiger partial charge is 0.207 e. The molecule has 0 unspecified atom stereocenters. The zero-order valence-corrected chi connectivity index (χ0v) is 7.60. The summed E-state index contributed by atoms with van der Waals surface area (Å²) in [4.78, 5) is 14.3. The van der Waals surface area contributed by atoms with E-state index in [1.165, 1.54) is 0 Å². The number of aromatic nitrogens is 1. The standard InChI is InChI=1S/C11H10N2O/c14-8-12-7-9-3-4-11-10(6-9)2-1-5-13-11/h1-6,8H,7H2,(H,12,14). The van der Waals surface area contributed by atoms with Gasteiger partial charge in [-0.25, -0.2) is 0 Å². The van der Waals surface area contributed by atoms with Crippen LogP contribution in [0.4, 0.5) is 0 Å². The topological polar surface area (TPSA) is 42.0 Å². The summed E-state index contributed by atoms with van der Waals surface area (Å²) in [6.07, 6.45) is 2.47. The van der Waals surface area contributed by atoms with Gasteiger partial charge in [0, 0.05) is 18.1 Å². The molecule has 2 aromatic rings. The summed E-state index contributed by atoms with van der Waals surface area (Å²) in [6.45, 7) is 0.564. The molecule has 0 saturated heterocycles. The molecule has 0 aliphatic rings. The Kier molecular flexibility index (Phi) is 2.40. The number of rotatable bonds is 3. The van der Waals surface area contributed by atoms with Gasteiger partial charge in [0.05, 0.1) is 5.52 Å². The van der Waals surface area contributed by atoms with Crippen molar-refractivity contribution in [3.63, 3.8) is 0 Å². The number of fused-ring (bicyclic) bond motifs is 1. The molecule has 0 radical (unpaired) electrons. The van der Waals surface area contributed by atoms with Crippen molar-refractivity contribution in [2.75, 3.05) is 0 Å². The van der Waals surface area contributed by atoms with Gasteiger partial charge in [0.1, 0.15) is 0 Å². The molecule has 1 heterocycles. The van der Waals surface area contributed by atoms with Crippen molar-refractivity contribution in [3.05, 3.63) is 42.1 Å². The van der Waals surface area contributed by atoms with E-state index in [0.29, 0.717) is 13.0 Å². The molecule has 2 rings (SSSR count). The first-order valence-corrected chi connectivity index (χ1v) is 4.41. The third kappa shape index (κ3) is 1.71. The number of benzene rings is 1. The van der Waals surface area contributed by atoms with Crippen LogP contribution in [0.5, 0.6) is 0 Å². The minimum atomic E-state index is 0.564. The Labute approximate surface area is 81.8 Å². The van der Waals surface area contributed by atoms with Crippen molar-refractivity contribution in [2.24, 2.45) is 0 Å². The summed E-state index contributed by atoms with van der Waals surface area (Å²) in [5.74, 6) is 0. The molecule has 1 aromatic heterocycles. The molecule has 0 fully saturated rings. The van der Waals surface area contributed by atoms with Gasteiger partial charge in [-0.3, -0.25) is 9.78 Å². The zero-order valence-electron chi connectivity index (χ0n) is 7.60. The summed E-state index contributed by atoms with van der Waals surface area (Å²) >= 11 is 0. The Morgan fingerprint density at radius 1 is 1.36 bits per heavy atom. The Hall–Kier alpha value is -1.90. The number of hydrogen-bond acceptors (Lipinski definition) is 2. The summed E-state index contributed by atoms with van der Waals surface area (Å²) in [7, 11) is 0. The fourth-order valence-corrected chi connectivity index (χ4v) is 1.39. The second-order valence-electron chi connectivity index (χ2n) is 3.03. The lowest BCUT2D eigenvalue weighted by Gasteiger charge is -2.01. The van der Waals surface area contributed by atoms with Crippen LogP contribution in [0.2, 0.25) is 0 Å². The van der Waals surface area contributed by atoms with Crippen LogP contribution in [0.25, 0.3) is 10.9 Å². The first-order valence-electron chi connectivity index (χ1n) is 4.41. The highest BCUT2D eigenvalue weighted by atomic mass is 16.1. The predicted octanol–water partition coefficient (Wildman–Crippen LogP) is 1.48. The van der Waals surface area contributed by atoms with Gasteiger partial charge in [-0.15, -0.1) is 0 Å². The molecule has 0 saturated carbocycles. The maximum absolute atomic E-state index is 10.1. The minimum absolute atomic E-state index is 0.564. The van der Waals surface area contributed by atoms with Crippen LogP contribution in [0.15, 0.2) is 36.5 Å². The number of carbonyl (C=O) groups excluding carboxylic acids is 1. The van der Waals surface area contributed by atoms with Crippen molar-refractivity contribution in [1.82, 2.24) is 10.3 Å². The van der Waals surface area contributed by atoms with Crippen molar-refractivity contribution < 1.29 is 4.79 Å². The molecule has 1 N–H and O–H groups in total. The van der Waals surface area contributed by atoms with E-state index < -0.39 is 0 Å². The summed E-state index contributed by atoms with van der Waals surface area (Å²) in [5, 5.41) is 3.72. The van der Waals surface area contributed by atoms with E-state index >= 15 is 0 Å². The highest BCUT2D eigenvalue weighted by Crippen LogP contribution is 2.12. The van der Waals surface area contributed by atoms with E-state index in [9.17, 15) is 4.79 Å². The molecule has 1 amide bonds. The van der Waals surface area contributed by atoms with Crippen molar-refractivity contribution in [3.8, 4) is 0 Å². The third-order valence-electron chi connectivity index (χ3n) is 2.06. The van der Waals surface area contributed by atoms with E-state index in [1.54, 1.807) is 6.20 Å². The fourth-order valence-electron chi connectivity index (χ4n) is 1.39. The Bertz CT molecular complexity index is 454. The van der Waals surface area contributed by atoms with Gasteiger partial charge >= 0.3 is 0 Å². The largest absolute Gasteiger partial charge is 0.355 e. The third-order valence-corrected chi connectivity index (χ3v) is 2.06. The molecular formula is C11H10N2O. The van der Waals surface area contributed by atoms with Crippen molar-refractivity contribution >= 4 is 17.3 Å². The SMILES string of the molecule is O=CNCc1ccc2ncccc2c1. The summed E-state index contributed by atoms with van der Waals surface area (Å²) < 4.78 is 0. The zero-order chi connectivity index (χ0) is 9.80. The number of hydrogen-bond donors (Lipinski definition) is 1. The lowest BCUT2D eigenvalue weighted by atomic mass is 10.1. The summed E-state index contributed by atoms with van der Waals surface area (Å²) in [6, 6.07) is 9.85. The number of carbonyl (C=O) groups is 1. The lowest BCUT2D eigenvalue weighted by molar-refractivity contribution is -0.109. The number of nitrogens with one attached hydrogen (secondary N) is 1. The number of amides is 1. The Morgan fingerprint density at radius 3 is 3.14 bits per heavy atom. The molecule has 0 aliphatic heterocycles. The quantitative estimate of drug-likeness (QED) is 0.738. The first kappa shape index (κ1) is 8.69. The minimum Gasteiger partial charge on any atom is -0.355 e. The van der Waals surface area contributed by atoms with Crippen molar-refractivity contribution in [1.29, 1.82) is 0 Å². The molecule has 3 nitrogen and oxygen atoms in total. The molecule has 3 heteroatoms. The van der Waals surface area contributed by atoms with Gasteiger partial charge in [0.2, 0.25) is 6.41 Å². The van der Waals surface area contributed by atoms with Crippen LogP contribution < -0.4 is 5.32 Å². The molecular weight excluding hydrogens is 176 g/mol.